The van der Waals surface area contributed by atoms with Crippen LogP contribution in [-0.4, -0.2) is 13.2 Å². The van der Waals surface area contributed by atoms with Crippen molar-refractivity contribution in [3.63, 3.8) is 0 Å². The van der Waals surface area contributed by atoms with E-state index in [0.29, 0.717) is 5.92 Å². The Kier molecular flexibility index (Phi) is 2.36. The third-order valence-electron chi connectivity index (χ3n) is 2.59. The molecule has 14 heavy (non-hydrogen) atoms. The van der Waals surface area contributed by atoms with E-state index in [1.54, 1.807) is 0 Å². The molecule has 0 fully saturated rings. The summed E-state index contributed by atoms with van der Waals surface area (Å²) in [5.74, 6) is 1.58. The molecule has 1 atom stereocenters. The first-order chi connectivity index (χ1) is 6.66. The van der Waals surface area contributed by atoms with Gasteiger partial charge in [-0.1, -0.05) is 13.0 Å². The molecule has 0 bridgehead atoms. The minimum Gasteiger partial charge on any atom is -0.491 e. The molecule has 0 aliphatic carbocycles. The number of benzene rings is 1. The first-order valence-electron chi connectivity index (χ1n) is 5.14. The molecule has 0 saturated heterocycles. The van der Waals surface area contributed by atoms with Crippen LogP contribution in [-0.2, 0) is 0 Å². The summed E-state index contributed by atoms with van der Waals surface area (Å²) in [7, 11) is 0. The molecule has 0 radical (unpaired) electrons. The van der Waals surface area contributed by atoms with Crippen molar-refractivity contribution in [2.24, 2.45) is 5.92 Å². The lowest BCUT2D eigenvalue weighted by Gasteiger charge is -2.11. The maximum absolute atomic E-state index is 5.76. The molecule has 76 valence electrons. The standard InChI is InChI=1S/C12H17NO/c1-8-4-10(3)12-11(5-8)14-7-9(2)6-13-12/h4-5,9,13H,6-7H2,1-3H3. The summed E-state index contributed by atoms with van der Waals surface area (Å²) < 4.78 is 5.76. The monoisotopic (exact) mass is 191 g/mol. The predicted octanol–water partition coefficient (Wildman–Crippen LogP) is 2.74. The minimum atomic E-state index is 0.571. The average Bonchev–Trinajstić information content (AvgIpc) is 2.28. The molecule has 2 heteroatoms. The zero-order valence-corrected chi connectivity index (χ0v) is 9.05. The second-order valence-corrected chi connectivity index (χ2v) is 4.25. The Bertz CT molecular complexity index is 346. The fourth-order valence-electron chi connectivity index (χ4n) is 1.84. The fourth-order valence-corrected chi connectivity index (χ4v) is 1.84. The van der Waals surface area contributed by atoms with E-state index in [2.05, 4.69) is 38.2 Å². The molecule has 1 aromatic rings. The summed E-state index contributed by atoms with van der Waals surface area (Å²) in [6.45, 7) is 8.23. The molecular weight excluding hydrogens is 174 g/mol. The lowest BCUT2D eigenvalue weighted by atomic mass is 10.1. The summed E-state index contributed by atoms with van der Waals surface area (Å²) in [6.07, 6.45) is 0. The van der Waals surface area contributed by atoms with Gasteiger partial charge in [0.25, 0.3) is 0 Å². The van der Waals surface area contributed by atoms with Crippen LogP contribution in [0.5, 0.6) is 5.75 Å². The van der Waals surface area contributed by atoms with E-state index in [9.17, 15) is 0 Å². The maximum Gasteiger partial charge on any atom is 0.142 e. The van der Waals surface area contributed by atoms with Gasteiger partial charge in [-0.25, -0.2) is 0 Å². The van der Waals surface area contributed by atoms with E-state index in [0.717, 1.165) is 18.9 Å². The predicted molar refractivity (Wildman–Crippen MR) is 59.1 cm³/mol. The van der Waals surface area contributed by atoms with Gasteiger partial charge >= 0.3 is 0 Å². The molecule has 0 amide bonds. The number of aryl methyl sites for hydroxylation is 2. The van der Waals surface area contributed by atoms with Crippen molar-refractivity contribution >= 4 is 5.69 Å². The molecule has 1 aliphatic heterocycles. The Morgan fingerprint density at radius 1 is 1.36 bits per heavy atom. The molecule has 2 rings (SSSR count). The van der Waals surface area contributed by atoms with Gasteiger partial charge in [0.15, 0.2) is 0 Å². The van der Waals surface area contributed by atoms with E-state index < -0.39 is 0 Å². The van der Waals surface area contributed by atoms with Crippen LogP contribution in [0.3, 0.4) is 0 Å². The van der Waals surface area contributed by atoms with Crippen molar-refractivity contribution in [1.29, 1.82) is 0 Å². The van der Waals surface area contributed by atoms with Crippen molar-refractivity contribution in [3.8, 4) is 5.75 Å². The van der Waals surface area contributed by atoms with Crippen molar-refractivity contribution in [2.75, 3.05) is 18.5 Å². The normalized spacial score (nSPS) is 20.4. The Hall–Kier alpha value is -1.18. The van der Waals surface area contributed by atoms with Crippen LogP contribution >= 0.6 is 0 Å². The molecule has 1 aliphatic rings. The Morgan fingerprint density at radius 3 is 2.93 bits per heavy atom. The first kappa shape index (κ1) is 9.38. The number of anilines is 1. The Labute approximate surface area is 85.3 Å². The molecule has 2 nitrogen and oxygen atoms in total. The van der Waals surface area contributed by atoms with Gasteiger partial charge in [-0.15, -0.1) is 0 Å². The van der Waals surface area contributed by atoms with Gasteiger partial charge in [0.05, 0.1) is 12.3 Å². The van der Waals surface area contributed by atoms with Crippen molar-refractivity contribution in [2.45, 2.75) is 20.8 Å². The zero-order valence-electron chi connectivity index (χ0n) is 9.05. The summed E-state index contributed by atoms with van der Waals surface area (Å²) in [6, 6.07) is 4.29. The van der Waals surface area contributed by atoms with Gasteiger partial charge in [-0.2, -0.15) is 0 Å². The lowest BCUT2D eigenvalue weighted by molar-refractivity contribution is 0.275. The topological polar surface area (TPSA) is 21.3 Å². The third-order valence-corrected chi connectivity index (χ3v) is 2.59. The molecular formula is C12H17NO. The molecule has 1 aromatic carbocycles. The van der Waals surface area contributed by atoms with Gasteiger partial charge in [0.1, 0.15) is 5.75 Å². The highest BCUT2D eigenvalue weighted by molar-refractivity contribution is 5.63. The summed E-state index contributed by atoms with van der Waals surface area (Å²) >= 11 is 0. The largest absolute Gasteiger partial charge is 0.491 e. The van der Waals surface area contributed by atoms with Crippen LogP contribution in [0, 0.1) is 19.8 Å². The van der Waals surface area contributed by atoms with Crippen LogP contribution in [0.25, 0.3) is 0 Å². The number of hydrogen-bond donors (Lipinski definition) is 1. The molecule has 0 saturated carbocycles. The molecule has 1 N–H and O–H groups in total. The third kappa shape index (κ3) is 1.69. The summed E-state index contributed by atoms with van der Waals surface area (Å²) in [5, 5.41) is 3.45. The molecule has 1 unspecified atom stereocenters. The lowest BCUT2D eigenvalue weighted by Crippen LogP contribution is -2.13. The number of nitrogens with one attached hydrogen (secondary N) is 1. The van der Waals surface area contributed by atoms with Crippen molar-refractivity contribution < 1.29 is 4.74 Å². The fraction of sp³-hybridized carbons (Fsp3) is 0.500. The van der Waals surface area contributed by atoms with Crippen LogP contribution in [0.2, 0.25) is 0 Å². The number of ether oxygens (including phenoxy) is 1. The molecule has 0 spiro atoms. The van der Waals surface area contributed by atoms with E-state index in [-0.39, 0.29) is 0 Å². The van der Waals surface area contributed by atoms with Crippen LogP contribution in [0.1, 0.15) is 18.1 Å². The van der Waals surface area contributed by atoms with E-state index in [1.807, 2.05) is 0 Å². The van der Waals surface area contributed by atoms with Crippen molar-refractivity contribution in [1.82, 2.24) is 0 Å². The number of fused-ring (bicyclic) bond motifs is 1. The highest BCUT2D eigenvalue weighted by Gasteiger charge is 2.14. The molecule has 0 aromatic heterocycles. The Morgan fingerprint density at radius 2 is 2.14 bits per heavy atom. The van der Waals surface area contributed by atoms with E-state index in [1.165, 1.54) is 16.8 Å². The van der Waals surface area contributed by atoms with E-state index >= 15 is 0 Å². The summed E-state index contributed by atoms with van der Waals surface area (Å²) in [4.78, 5) is 0. The second-order valence-electron chi connectivity index (χ2n) is 4.25. The van der Waals surface area contributed by atoms with Gasteiger partial charge < -0.3 is 10.1 Å². The van der Waals surface area contributed by atoms with E-state index in [4.69, 9.17) is 4.74 Å². The van der Waals surface area contributed by atoms with Crippen LogP contribution in [0.15, 0.2) is 12.1 Å². The van der Waals surface area contributed by atoms with Gasteiger partial charge in [0, 0.05) is 12.5 Å². The molecule has 1 heterocycles. The smallest absolute Gasteiger partial charge is 0.142 e. The SMILES string of the molecule is Cc1cc(C)c2c(c1)OCC(C)CN2. The quantitative estimate of drug-likeness (QED) is 0.680. The minimum absolute atomic E-state index is 0.571. The number of rotatable bonds is 0. The zero-order chi connectivity index (χ0) is 10.1. The van der Waals surface area contributed by atoms with Crippen molar-refractivity contribution in [3.05, 3.63) is 23.3 Å². The van der Waals surface area contributed by atoms with Gasteiger partial charge in [-0.05, 0) is 31.0 Å². The maximum atomic E-state index is 5.76. The van der Waals surface area contributed by atoms with Gasteiger partial charge in [0.2, 0.25) is 0 Å². The summed E-state index contributed by atoms with van der Waals surface area (Å²) in [5.41, 5.74) is 3.70. The highest BCUT2D eigenvalue weighted by atomic mass is 16.5. The number of hydrogen-bond acceptors (Lipinski definition) is 2. The van der Waals surface area contributed by atoms with Crippen LogP contribution < -0.4 is 10.1 Å². The second kappa shape index (κ2) is 3.52. The average molecular weight is 191 g/mol. The first-order valence-corrected chi connectivity index (χ1v) is 5.14. The van der Waals surface area contributed by atoms with Crippen LogP contribution in [0.4, 0.5) is 5.69 Å². The van der Waals surface area contributed by atoms with Gasteiger partial charge in [-0.3, -0.25) is 0 Å². The highest BCUT2D eigenvalue weighted by Crippen LogP contribution is 2.32. The Balaban J connectivity index is 2.40.